The second kappa shape index (κ2) is 3.66. The maximum atomic E-state index is 11.3. The number of nitrogens with one attached hydrogen (secondary N) is 1. The van der Waals surface area contributed by atoms with Crippen molar-refractivity contribution in [3.05, 3.63) is 22.7 Å². The third-order valence-corrected chi connectivity index (χ3v) is 3.20. The molecule has 1 aliphatic heterocycles. The zero-order valence-corrected chi connectivity index (χ0v) is 10.7. The SMILES string of the molecule is CC1(C)CNc2cc(Br)ccc2N1C(=O)O. The van der Waals surface area contributed by atoms with E-state index in [2.05, 4.69) is 21.2 Å². The summed E-state index contributed by atoms with van der Waals surface area (Å²) >= 11 is 3.37. The van der Waals surface area contributed by atoms with Gasteiger partial charge >= 0.3 is 6.09 Å². The Kier molecular flexibility index (Phi) is 2.58. The van der Waals surface area contributed by atoms with Crippen LogP contribution in [0.25, 0.3) is 0 Å². The monoisotopic (exact) mass is 284 g/mol. The molecule has 0 unspecified atom stereocenters. The van der Waals surface area contributed by atoms with E-state index in [0.717, 1.165) is 10.2 Å². The molecule has 0 radical (unpaired) electrons. The van der Waals surface area contributed by atoms with Gasteiger partial charge in [-0.1, -0.05) is 15.9 Å². The van der Waals surface area contributed by atoms with Crippen LogP contribution in [0.4, 0.5) is 16.2 Å². The number of halogens is 1. The molecule has 0 atom stereocenters. The third-order valence-electron chi connectivity index (χ3n) is 2.71. The first kappa shape index (κ1) is 11.3. The first-order valence-corrected chi connectivity index (χ1v) is 5.78. The Morgan fingerprint density at radius 2 is 2.25 bits per heavy atom. The first-order valence-electron chi connectivity index (χ1n) is 4.98. The van der Waals surface area contributed by atoms with Crippen molar-refractivity contribution in [2.75, 3.05) is 16.8 Å². The average molecular weight is 285 g/mol. The maximum Gasteiger partial charge on any atom is 0.412 e. The van der Waals surface area contributed by atoms with E-state index < -0.39 is 11.6 Å². The maximum absolute atomic E-state index is 11.3. The van der Waals surface area contributed by atoms with Crippen LogP contribution in [0.2, 0.25) is 0 Å². The molecular weight excluding hydrogens is 272 g/mol. The van der Waals surface area contributed by atoms with Gasteiger partial charge in [0.2, 0.25) is 0 Å². The molecule has 1 aliphatic rings. The Bertz CT molecular complexity index is 446. The molecule has 1 aromatic rings. The molecule has 1 heterocycles. The molecule has 16 heavy (non-hydrogen) atoms. The zero-order valence-electron chi connectivity index (χ0n) is 9.12. The fourth-order valence-corrected chi connectivity index (χ4v) is 2.28. The molecule has 0 saturated heterocycles. The van der Waals surface area contributed by atoms with Crippen molar-refractivity contribution < 1.29 is 9.90 Å². The van der Waals surface area contributed by atoms with Crippen molar-refractivity contribution in [2.45, 2.75) is 19.4 Å². The smallest absolute Gasteiger partial charge is 0.412 e. The van der Waals surface area contributed by atoms with Crippen LogP contribution in [0, 0.1) is 0 Å². The van der Waals surface area contributed by atoms with E-state index in [0.29, 0.717) is 12.2 Å². The Morgan fingerprint density at radius 1 is 1.56 bits per heavy atom. The van der Waals surface area contributed by atoms with Crippen molar-refractivity contribution >= 4 is 33.4 Å². The molecule has 2 N–H and O–H groups in total. The molecule has 0 spiro atoms. The van der Waals surface area contributed by atoms with E-state index in [1.807, 2.05) is 26.0 Å². The van der Waals surface area contributed by atoms with Gasteiger partial charge in [-0.3, -0.25) is 4.90 Å². The van der Waals surface area contributed by atoms with Crippen molar-refractivity contribution in [3.63, 3.8) is 0 Å². The standard InChI is InChI=1S/C11H13BrN2O2/c1-11(2)6-13-8-5-7(12)3-4-9(8)14(11)10(15)16/h3-5,13H,6H2,1-2H3,(H,15,16). The van der Waals surface area contributed by atoms with Crippen molar-refractivity contribution in [1.82, 2.24) is 0 Å². The molecule has 0 fully saturated rings. The van der Waals surface area contributed by atoms with Gasteiger partial charge in [-0.2, -0.15) is 0 Å². The summed E-state index contributed by atoms with van der Waals surface area (Å²) in [6, 6.07) is 5.54. The largest absolute Gasteiger partial charge is 0.465 e. The molecule has 4 nitrogen and oxygen atoms in total. The molecule has 0 aliphatic carbocycles. The highest BCUT2D eigenvalue weighted by Gasteiger charge is 2.37. The van der Waals surface area contributed by atoms with E-state index in [9.17, 15) is 9.90 Å². The van der Waals surface area contributed by atoms with Gasteiger partial charge in [-0.05, 0) is 32.0 Å². The number of hydrogen-bond acceptors (Lipinski definition) is 2. The highest BCUT2D eigenvalue weighted by atomic mass is 79.9. The normalized spacial score (nSPS) is 17.6. The summed E-state index contributed by atoms with van der Waals surface area (Å²) in [7, 11) is 0. The number of hydrogen-bond donors (Lipinski definition) is 2. The summed E-state index contributed by atoms with van der Waals surface area (Å²) in [6.45, 7) is 4.40. The van der Waals surface area contributed by atoms with Gasteiger partial charge in [0.1, 0.15) is 0 Å². The van der Waals surface area contributed by atoms with Gasteiger partial charge in [0, 0.05) is 11.0 Å². The predicted octanol–water partition coefficient (Wildman–Crippen LogP) is 3.14. The first-order chi connectivity index (χ1) is 7.42. The van der Waals surface area contributed by atoms with Crippen molar-refractivity contribution in [2.24, 2.45) is 0 Å². The molecule has 1 aromatic carbocycles. The number of benzene rings is 1. The van der Waals surface area contributed by atoms with E-state index in [1.54, 1.807) is 6.07 Å². The van der Waals surface area contributed by atoms with E-state index in [1.165, 1.54) is 4.90 Å². The predicted molar refractivity (Wildman–Crippen MR) is 67.2 cm³/mol. The van der Waals surface area contributed by atoms with Crippen LogP contribution >= 0.6 is 15.9 Å². The fourth-order valence-electron chi connectivity index (χ4n) is 1.92. The van der Waals surface area contributed by atoms with Crippen LogP contribution in [-0.4, -0.2) is 23.3 Å². The molecule has 0 saturated carbocycles. The Hall–Kier alpha value is -1.23. The highest BCUT2D eigenvalue weighted by molar-refractivity contribution is 9.10. The van der Waals surface area contributed by atoms with E-state index in [4.69, 9.17) is 0 Å². The van der Waals surface area contributed by atoms with Gasteiger partial charge in [-0.25, -0.2) is 4.79 Å². The number of carbonyl (C=O) groups is 1. The van der Waals surface area contributed by atoms with E-state index >= 15 is 0 Å². The lowest BCUT2D eigenvalue weighted by molar-refractivity contribution is 0.194. The average Bonchev–Trinajstić information content (AvgIpc) is 2.16. The lowest BCUT2D eigenvalue weighted by atomic mass is 9.98. The number of nitrogens with zero attached hydrogens (tertiary/aromatic N) is 1. The Morgan fingerprint density at radius 3 is 2.88 bits per heavy atom. The van der Waals surface area contributed by atoms with Gasteiger partial charge < -0.3 is 10.4 Å². The molecule has 0 bridgehead atoms. The fraction of sp³-hybridized carbons (Fsp3) is 0.364. The van der Waals surface area contributed by atoms with Gasteiger partial charge in [0.15, 0.2) is 0 Å². The molecular formula is C11H13BrN2O2. The third kappa shape index (κ3) is 1.75. The minimum atomic E-state index is -0.921. The van der Waals surface area contributed by atoms with Gasteiger partial charge in [0.05, 0.1) is 16.9 Å². The molecule has 5 heteroatoms. The summed E-state index contributed by atoms with van der Waals surface area (Å²) < 4.78 is 0.934. The molecule has 0 aromatic heterocycles. The Labute approximate surface area is 102 Å². The van der Waals surface area contributed by atoms with Crippen molar-refractivity contribution in [1.29, 1.82) is 0 Å². The molecule has 86 valence electrons. The minimum absolute atomic E-state index is 0.438. The van der Waals surface area contributed by atoms with Crippen LogP contribution in [0.3, 0.4) is 0 Å². The van der Waals surface area contributed by atoms with Crippen molar-refractivity contribution in [3.8, 4) is 0 Å². The van der Waals surface area contributed by atoms with Gasteiger partial charge in [0.25, 0.3) is 0 Å². The highest BCUT2D eigenvalue weighted by Crippen LogP contribution is 2.37. The lowest BCUT2D eigenvalue weighted by Crippen LogP contribution is -2.54. The second-order valence-electron chi connectivity index (χ2n) is 4.45. The summed E-state index contributed by atoms with van der Waals surface area (Å²) in [6.07, 6.45) is -0.921. The number of carboxylic acid groups (broad SMARTS) is 1. The minimum Gasteiger partial charge on any atom is -0.465 e. The number of anilines is 2. The summed E-state index contributed by atoms with van der Waals surface area (Å²) in [5, 5.41) is 12.5. The van der Waals surface area contributed by atoms with E-state index in [-0.39, 0.29) is 0 Å². The van der Waals surface area contributed by atoms with Crippen LogP contribution in [0.5, 0.6) is 0 Å². The second-order valence-corrected chi connectivity index (χ2v) is 5.36. The van der Waals surface area contributed by atoms with Crippen LogP contribution < -0.4 is 10.2 Å². The number of amides is 1. The lowest BCUT2D eigenvalue weighted by Gasteiger charge is -2.42. The topological polar surface area (TPSA) is 52.6 Å². The molecule has 2 rings (SSSR count). The Balaban J connectivity index is 2.54. The van der Waals surface area contributed by atoms with Crippen LogP contribution in [-0.2, 0) is 0 Å². The van der Waals surface area contributed by atoms with Crippen LogP contribution in [0.15, 0.2) is 22.7 Å². The summed E-state index contributed by atoms with van der Waals surface area (Å²) in [5.41, 5.74) is 1.11. The summed E-state index contributed by atoms with van der Waals surface area (Å²) in [5.74, 6) is 0. The number of rotatable bonds is 0. The zero-order chi connectivity index (χ0) is 11.9. The summed E-state index contributed by atoms with van der Waals surface area (Å²) in [4.78, 5) is 12.7. The van der Waals surface area contributed by atoms with Crippen LogP contribution in [0.1, 0.15) is 13.8 Å². The molecule has 1 amide bonds. The number of fused-ring (bicyclic) bond motifs is 1. The quantitative estimate of drug-likeness (QED) is 0.770. The van der Waals surface area contributed by atoms with Gasteiger partial charge in [-0.15, -0.1) is 0 Å².